The second-order valence-corrected chi connectivity index (χ2v) is 1.81. The number of hydrogen-bond donors (Lipinski definition) is 1. The third kappa shape index (κ3) is 3.58. The maximum absolute atomic E-state index is 3.74. The summed E-state index contributed by atoms with van der Waals surface area (Å²) in [5.74, 6) is 0. The fourth-order valence-corrected chi connectivity index (χ4v) is 0.255. The van der Waals surface area contributed by atoms with Gasteiger partial charge >= 0.3 is 0 Å². The maximum atomic E-state index is 3.74. The van der Waals surface area contributed by atoms with Crippen LogP contribution in [-0.4, -0.2) is 25.4 Å². The number of aliphatic imine (C=N–C) groups is 1. The summed E-state index contributed by atoms with van der Waals surface area (Å²) in [5, 5.41) is 1.78. The summed E-state index contributed by atoms with van der Waals surface area (Å²) in [6, 6.07) is 0. The van der Waals surface area contributed by atoms with E-state index in [0.29, 0.717) is 0 Å². The van der Waals surface area contributed by atoms with E-state index in [1.807, 2.05) is 14.0 Å². The van der Waals surface area contributed by atoms with Crippen LogP contribution in [0, 0.1) is 0 Å². The van der Waals surface area contributed by atoms with Crippen LogP contribution in [-0.2, 0) is 0 Å². The molecule has 9 heavy (non-hydrogen) atoms. The van der Waals surface area contributed by atoms with Gasteiger partial charge in [0.25, 0.3) is 0 Å². The Balaban J connectivity index is 3.50. The van der Waals surface area contributed by atoms with E-state index in [9.17, 15) is 0 Å². The van der Waals surface area contributed by atoms with Crippen molar-refractivity contribution in [3.05, 3.63) is 12.3 Å². The average Bonchev–Trinajstić information content (AvgIpc) is 1.82. The molecule has 0 saturated carbocycles. The Bertz CT molecular complexity index is 117. The maximum Gasteiger partial charge on any atom is 0.101 e. The first-order chi connectivity index (χ1) is 4.18. The second kappa shape index (κ2) is 3.95. The lowest BCUT2D eigenvalue weighted by atomic mass is 10.6. The second-order valence-electron chi connectivity index (χ2n) is 1.81. The van der Waals surface area contributed by atoms with Crippen molar-refractivity contribution in [2.75, 3.05) is 14.1 Å². The molecule has 3 heteroatoms. The summed E-state index contributed by atoms with van der Waals surface area (Å²) < 4.78 is 0. The fraction of sp³-hybridized carbons (Fsp3) is 0.500. The van der Waals surface area contributed by atoms with Crippen LogP contribution in [0.5, 0.6) is 0 Å². The zero-order valence-corrected chi connectivity index (χ0v) is 6.18. The van der Waals surface area contributed by atoms with Crippen LogP contribution < -0.4 is 5.43 Å². The largest absolute Gasteiger partial charge is 0.295 e. The monoisotopic (exact) mass is 127 g/mol. The van der Waals surface area contributed by atoms with Gasteiger partial charge in [-0.25, -0.2) is 0 Å². The molecule has 0 aromatic heterocycles. The molecule has 0 rings (SSSR count). The van der Waals surface area contributed by atoms with E-state index >= 15 is 0 Å². The van der Waals surface area contributed by atoms with Gasteiger partial charge in [0.15, 0.2) is 0 Å². The molecule has 0 unspecified atom stereocenters. The highest BCUT2D eigenvalue weighted by atomic mass is 15.5. The number of nitrogens with zero attached hydrogens (tertiary/aromatic N) is 2. The van der Waals surface area contributed by atoms with Crippen molar-refractivity contribution in [1.82, 2.24) is 10.4 Å². The van der Waals surface area contributed by atoms with E-state index in [1.165, 1.54) is 0 Å². The molecule has 0 atom stereocenters. The lowest BCUT2D eigenvalue weighted by Crippen LogP contribution is -2.30. The molecule has 0 amide bonds. The van der Waals surface area contributed by atoms with Crippen LogP contribution in [0.4, 0.5) is 0 Å². The van der Waals surface area contributed by atoms with Gasteiger partial charge < -0.3 is 0 Å². The number of hydrazine groups is 1. The van der Waals surface area contributed by atoms with Gasteiger partial charge in [0.05, 0.1) is 0 Å². The van der Waals surface area contributed by atoms with Gasteiger partial charge in [-0.3, -0.25) is 15.4 Å². The Hall–Kier alpha value is -0.990. The number of nitrogens with one attached hydrogen (secondary N) is 1. The number of allylic oxidation sites excluding steroid dienone is 1. The molecule has 0 bridgehead atoms. The average molecular weight is 127 g/mol. The molecule has 0 aliphatic heterocycles. The van der Waals surface area contributed by atoms with Crippen molar-refractivity contribution in [1.29, 1.82) is 0 Å². The zero-order chi connectivity index (χ0) is 7.28. The van der Waals surface area contributed by atoms with E-state index in [0.717, 1.165) is 5.70 Å². The van der Waals surface area contributed by atoms with E-state index in [2.05, 4.69) is 17.0 Å². The topological polar surface area (TPSA) is 27.6 Å². The normalized spacial score (nSPS) is 9.67. The molecule has 0 fully saturated rings. The van der Waals surface area contributed by atoms with Gasteiger partial charge in [0.1, 0.15) is 6.34 Å². The van der Waals surface area contributed by atoms with E-state index in [1.54, 1.807) is 18.4 Å². The van der Waals surface area contributed by atoms with E-state index in [4.69, 9.17) is 0 Å². The van der Waals surface area contributed by atoms with E-state index in [-0.39, 0.29) is 0 Å². The quantitative estimate of drug-likeness (QED) is 0.342. The van der Waals surface area contributed by atoms with Gasteiger partial charge in [-0.2, -0.15) is 0 Å². The molecule has 0 spiro atoms. The Morgan fingerprint density at radius 3 is 2.67 bits per heavy atom. The minimum atomic E-state index is 0.954. The Morgan fingerprint density at radius 1 is 1.78 bits per heavy atom. The summed E-state index contributed by atoms with van der Waals surface area (Å²) >= 11 is 0. The minimum Gasteiger partial charge on any atom is -0.295 e. The summed E-state index contributed by atoms with van der Waals surface area (Å²) in [6.45, 7) is 5.62. The highest BCUT2D eigenvalue weighted by Crippen LogP contribution is 1.87. The highest BCUT2D eigenvalue weighted by molar-refractivity contribution is 5.53. The van der Waals surface area contributed by atoms with Crippen LogP contribution in [0.3, 0.4) is 0 Å². The van der Waals surface area contributed by atoms with Crippen molar-refractivity contribution >= 4 is 6.34 Å². The lowest BCUT2D eigenvalue weighted by Gasteiger charge is -2.16. The molecule has 0 heterocycles. The standard InChI is InChI=1S/C6H13N3/c1-6(2)9(4)8-5-7-3/h5H,1H2,2-4H3,(H,7,8). The predicted octanol–water partition coefficient (Wildman–Crippen LogP) is 0.614. The molecule has 0 aliphatic carbocycles. The number of rotatable bonds is 3. The lowest BCUT2D eigenvalue weighted by molar-refractivity contribution is 0.380. The summed E-state index contributed by atoms with van der Waals surface area (Å²) in [6.07, 6.45) is 1.61. The van der Waals surface area contributed by atoms with Crippen molar-refractivity contribution in [3.63, 3.8) is 0 Å². The SMILES string of the molecule is C=C(C)N(C)NC=NC. The molecule has 3 nitrogen and oxygen atoms in total. The fourth-order valence-electron chi connectivity index (χ4n) is 0.255. The summed E-state index contributed by atoms with van der Waals surface area (Å²) in [5.41, 5.74) is 3.83. The van der Waals surface area contributed by atoms with Crippen LogP contribution in [0.2, 0.25) is 0 Å². The smallest absolute Gasteiger partial charge is 0.101 e. The molecule has 0 saturated heterocycles. The third-order valence-electron chi connectivity index (χ3n) is 0.953. The van der Waals surface area contributed by atoms with Crippen molar-refractivity contribution in [2.45, 2.75) is 6.92 Å². The summed E-state index contributed by atoms with van der Waals surface area (Å²) in [4.78, 5) is 3.74. The van der Waals surface area contributed by atoms with Crippen LogP contribution in [0.25, 0.3) is 0 Å². The zero-order valence-electron chi connectivity index (χ0n) is 6.18. The third-order valence-corrected chi connectivity index (χ3v) is 0.953. The Morgan fingerprint density at radius 2 is 2.33 bits per heavy atom. The molecule has 0 aliphatic rings. The van der Waals surface area contributed by atoms with Gasteiger partial charge in [-0.15, -0.1) is 0 Å². The van der Waals surface area contributed by atoms with Crippen LogP contribution >= 0.6 is 0 Å². The highest BCUT2D eigenvalue weighted by Gasteiger charge is 1.87. The minimum absolute atomic E-state index is 0.954. The molecule has 0 aromatic carbocycles. The first-order valence-corrected chi connectivity index (χ1v) is 2.74. The molecule has 52 valence electrons. The van der Waals surface area contributed by atoms with Crippen LogP contribution in [0.1, 0.15) is 6.92 Å². The first kappa shape index (κ1) is 8.01. The van der Waals surface area contributed by atoms with Crippen molar-refractivity contribution < 1.29 is 0 Å². The van der Waals surface area contributed by atoms with Crippen molar-refractivity contribution in [3.8, 4) is 0 Å². The van der Waals surface area contributed by atoms with Gasteiger partial charge in [0.2, 0.25) is 0 Å². The Kier molecular flexibility index (Phi) is 3.51. The number of hydrogen-bond acceptors (Lipinski definition) is 2. The summed E-state index contributed by atoms with van der Waals surface area (Å²) in [7, 11) is 3.59. The molecule has 0 aromatic rings. The van der Waals surface area contributed by atoms with Gasteiger partial charge in [-0.1, -0.05) is 6.58 Å². The molecule has 1 N–H and O–H groups in total. The van der Waals surface area contributed by atoms with Gasteiger partial charge in [0, 0.05) is 19.8 Å². The van der Waals surface area contributed by atoms with Crippen LogP contribution in [0.15, 0.2) is 17.3 Å². The first-order valence-electron chi connectivity index (χ1n) is 2.74. The van der Waals surface area contributed by atoms with Gasteiger partial charge in [-0.05, 0) is 6.92 Å². The van der Waals surface area contributed by atoms with Crippen molar-refractivity contribution in [2.24, 2.45) is 4.99 Å². The predicted molar refractivity (Wildman–Crippen MR) is 40.1 cm³/mol. The molecular weight excluding hydrogens is 114 g/mol. The Labute approximate surface area is 56.0 Å². The molecular formula is C6H13N3. The van der Waals surface area contributed by atoms with E-state index < -0.39 is 0 Å². The molecule has 0 radical (unpaired) electrons.